The van der Waals surface area contributed by atoms with Crippen LogP contribution in [0.2, 0.25) is 5.15 Å². The third-order valence-electron chi connectivity index (χ3n) is 2.95. The molecule has 108 valence electrons. The monoisotopic (exact) mass is 312 g/mol. The van der Waals surface area contributed by atoms with Crippen LogP contribution in [-0.2, 0) is 10.0 Å². The van der Waals surface area contributed by atoms with Crippen molar-refractivity contribution in [2.24, 2.45) is 5.92 Å². The number of hydrogen-bond acceptors (Lipinski definition) is 3. The van der Waals surface area contributed by atoms with Gasteiger partial charge in [-0.2, -0.15) is 0 Å². The molecule has 0 saturated carbocycles. The molecule has 0 amide bonds. The van der Waals surface area contributed by atoms with Gasteiger partial charge in [0.1, 0.15) is 5.15 Å². The number of rotatable bonds is 5. The molecule has 0 aliphatic rings. The molecule has 0 spiro atoms. The van der Waals surface area contributed by atoms with Crippen molar-refractivity contribution in [2.45, 2.75) is 25.2 Å². The van der Waals surface area contributed by atoms with Crippen LogP contribution in [0.25, 0.3) is 10.9 Å². The Hall–Kier alpha value is -1.17. The molecule has 1 heterocycles. The van der Waals surface area contributed by atoms with Crippen molar-refractivity contribution in [3.63, 3.8) is 0 Å². The first kappa shape index (κ1) is 15.2. The van der Waals surface area contributed by atoms with Crippen molar-refractivity contribution in [1.82, 2.24) is 9.71 Å². The van der Waals surface area contributed by atoms with E-state index in [1.165, 1.54) is 0 Å². The number of sulfonamides is 1. The summed E-state index contributed by atoms with van der Waals surface area (Å²) in [4.78, 5) is 4.38. The van der Waals surface area contributed by atoms with E-state index in [2.05, 4.69) is 23.6 Å². The van der Waals surface area contributed by atoms with Crippen molar-refractivity contribution >= 4 is 32.5 Å². The van der Waals surface area contributed by atoms with Crippen LogP contribution in [0.1, 0.15) is 20.3 Å². The first-order valence-corrected chi connectivity index (χ1v) is 8.30. The first-order valence-electron chi connectivity index (χ1n) is 6.44. The van der Waals surface area contributed by atoms with E-state index in [1.54, 1.807) is 30.3 Å². The van der Waals surface area contributed by atoms with Gasteiger partial charge in [-0.05, 0) is 42.7 Å². The number of nitrogens with one attached hydrogen (secondary N) is 1. The Kier molecular flexibility index (Phi) is 4.62. The fourth-order valence-electron chi connectivity index (χ4n) is 1.81. The highest BCUT2D eigenvalue weighted by molar-refractivity contribution is 7.89. The van der Waals surface area contributed by atoms with Crippen molar-refractivity contribution < 1.29 is 8.42 Å². The fraction of sp³-hybridized carbons (Fsp3) is 0.357. The van der Waals surface area contributed by atoms with E-state index in [0.29, 0.717) is 23.1 Å². The summed E-state index contributed by atoms with van der Waals surface area (Å²) in [7, 11) is -3.47. The van der Waals surface area contributed by atoms with Crippen LogP contribution in [0.15, 0.2) is 35.2 Å². The predicted octanol–water partition coefficient (Wildman–Crippen LogP) is 3.21. The van der Waals surface area contributed by atoms with Crippen molar-refractivity contribution in [3.05, 3.63) is 35.5 Å². The summed E-state index contributed by atoms with van der Waals surface area (Å²) in [5, 5.41) is 1.14. The highest BCUT2D eigenvalue weighted by Crippen LogP contribution is 2.19. The molecule has 0 bridgehead atoms. The summed E-state index contributed by atoms with van der Waals surface area (Å²) in [6.07, 6.45) is 0.809. The second-order valence-electron chi connectivity index (χ2n) is 5.07. The van der Waals surface area contributed by atoms with E-state index in [0.717, 1.165) is 11.8 Å². The molecule has 0 radical (unpaired) electrons. The Morgan fingerprint density at radius 2 is 2.00 bits per heavy atom. The fourth-order valence-corrected chi connectivity index (χ4v) is 3.05. The third-order valence-corrected chi connectivity index (χ3v) is 4.62. The lowest BCUT2D eigenvalue weighted by Gasteiger charge is -2.09. The quantitative estimate of drug-likeness (QED) is 0.862. The summed E-state index contributed by atoms with van der Waals surface area (Å²) in [6.45, 7) is 4.55. The number of hydrogen-bond donors (Lipinski definition) is 1. The summed E-state index contributed by atoms with van der Waals surface area (Å²) in [5.41, 5.74) is 0.679. The smallest absolute Gasteiger partial charge is 0.236 e. The second kappa shape index (κ2) is 6.08. The largest absolute Gasteiger partial charge is 0.240 e. The van der Waals surface area contributed by atoms with Crippen molar-refractivity contribution in [3.8, 4) is 0 Å². The lowest BCUT2D eigenvalue weighted by molar-refractivity contribution is 0.551. The molecule has 0 unspecified atom stereocenters. The molecule has 1 N–H and O–H groups in total. The number of aromatic nitrogens is 1. The van der Waals surface area contributed by atoms with Gasteiger partial charge in [0, 0.05) is 11.9 Å². The van der Waals surface area contributed by atoms with Crippen LogP contribution < -0.4 is 4.72 Å². The molecule has 0 aliphatic carbocycles. The molecule has 2 rings (SSSR count). The van der Waals surface area contributed by atoms with Gasteiger partial charge in [-0.15, -0.1) is 0 Å². The minimum absolute atomic E-state index is 0.248. The zero-order valence-corrected chi connectivity index (χ0v) is 13.0. The zero-order chi connectivity index (χ0) is 14.8. The predicted molar refractivity (Wildman–Crippen MR) is 81.4 cm³/mol. The van der Waals surface area contributed by atoms with Crippen LogP contribution >= 0.6 is 11.6 Å². The highest BCUT2D eigenvalue weighted by Gasteiger charge is 2.14. The van der Waals surface area contributed by atoms with Crippen LogP contribution in [-0.4, -0.2) is 19.9 Å². The van der Waals surface area contributed by atoms with E-state index >= 15 is 0 Å². The molecule has 6 heteroatoms. The number of nitrogens with zero attached hydrogens (tertiary/aromatic N) is 1. The van der Waals surface area contributed by atoms with E-state index < -0.39 is 10.0 Å². The van der Waals surface area contributed by atoms with Crippen LogP contribution in [0, 0.1) is 5.92 Å². The van der Waals surface area contributed by atoms with Gasteiger partial charge >= 0.3 is 0 Å². The molecule has 20 heavy (non-hydrogen) atoms. The molecule has 4 nitrogen and oxygen atoms in total. The van der Waals surface area contributed by atoms with Gasteiger partial charge < -0.3 is 0 Å². The molecular formula is C14H17ClN2O2S. The average molecular weight is 313 g/mol. The minimum Gasteiger partial charge on any atom is -0.236 e. The maximum absolute atomic E-state index is 12.2. The molecule has 1 aromatic heterocycles. The molecule has 0 aliphatic heterocycles. The highest BCUT2D eigenvalue weighted by atomic mass is 35.5. The van der Waals surface area contributed by atoms with Gasteiger partial charge in [0.15, 0.2) is 0 Å². The van der Waals surface area contributed by atoms with E-state index in [-0.39, 0.29) is 4.90 Å². The molecule has 0 saturated heterocycles. The van der Waals surface area contributed by atoms with Gasteiger partial charge in [0.2, 0.25) is 10.0 Å². The number of fused-ring (bicyclic) bond motifs is 1. The maximum atomic E-state index is 12.2. The number of benzene rings is 1. The molecule has 0 fully saturated rings. The van der Waals surface area contributed by atoms with Gasteiger partial charge in [0.05, 0.1) is 10.4 Å². The third kappa shape index (κ3) is 3.69. The van der Waals surface area contributed by atoms with Crippen LogP contribution in [0.5, 0.6) is 0 Å². The second-order valence-corrected chi connectivity index (χ2v) is 7.22. The SMILES string of the molecule is CC(C)CCNS(=O)(=O)c1ccc2nc(Cl)ccc2c1. The van der Waals surface area contributed by atoms with E-state index in [4.69, 9.17) is 11.6 Å². The van der Waals surface area contributed by atoms with Gasteiger partial charge in [-0.25, -0.2) is 18.1 Å². The standard InChI is InChI=1S/C14H17ClN2O2S/c1-10(2)7-8-16-20(18,19)12-4-5-13-11(9-12)3-6-14(15)17-13/h3-6,9-10,16H,7-8H2,1-2H3. The van der Waals surface area contributed by atoms with Crippen molar-refractivity contribution in [1.29, 1.82) is 0 Å². The summed E-state index contributed by atoms with van der Waals surface area (Å²) in [5.74, 6) is 0.459. The Morgan fingerprint density at radius 3 is 2.70 bits per heavy atom. The van der Waals surface area contributed by atoms with Crippen molar-refractivity contribution in [2.75, 3.05) is 6.54 Å². The minimum atomic E-state index is -3.47. The Bertz CT molecular complexity index is 714. The Balaban J connectivity index is 2.25. The molecule has 1 aromatic carbocycles. The molecule has 0 atom stereocenters. The zero-order valence-electron chi connectivity index (χ0n) is 11.4. The topological polar surface area (TPSA) is 59.1 Å². The van der Waals surface area contributed by atoms with Gasteiger partial charge in [-0.1, -0.05) is 25.4 Å². The van der Waals surface area contributed by atoms with Gasteiger partial charge in [0.25, 0.3) is 0 Å². The lowest BCUT2D eigenvalue weighted by Crippen LogP contribution is -2.25. The molecule has 2 aromatic rings. The number of pyridine rings is 1. The summed E-state index contributed by atoms with van der Waals surface area (Å²) < 4.78 is 26.9. The van der Waals surface area contributed by atoms with Crippen LogP contribution in [0.4, 0.5) is 0 Å². The lowest BCUT2D eigenvalue weighted by atomic mass is 10.1. The first-order chi connectivity index (χ1) is 9.38. The van der Waals surface area contributed by atoms with Crippen LogP contribution in [0.3, 0.4) is 0 Å². The average Bonchev–Trinajstić information content (AvgIpc) is 2.37. The molecular weight excluding hydrogens is 296 g/mol. The summed E-state index contributed by atoms with van der Waals surface area (Å²) >= 11 is 5.80. The normalized spacial score (nSPS) is 12.2. The van der Waals surface area contributed by atoms with Gasteiger partial charge in [-0.3, -0.25) is 0 Å². The van der Waals surface area contributed by atoms with E-state index in [1.807, 2.05) is 0 Å². The maximum Gasteiger partial charge on any atom is 0.240 e. The van der Waals surface area contributed by atoms with E-state index in [9.17, 15) is 8.42 Å². The number of halogens is 1. The Morgan fingerprint density at radius 1 is 1.25 bits per heavy atom. The summed E-state index contributed by atoms with van der Waals surface area (Å²) in [6, 6.07) is 8.22. The Labute approximate surface area is 124 Å².